The third kappa shape index (κ3) is 9.94. The van der Waals surface area contributed by atoms with Crippen molar-refractivity contribution in [2.45, 2.75) is 110 Å². The van der Waals surface area contributed by atoms with Crippen LogP contribution in [0.3, 0.4) is 0 Å². The standard InChI is InChI=1S/2C12H22O11/c13-1-3-5(14)8(17)10(19)12(23-3)21-2-4-6(15)7(16)9(18)11(20)22-4;13-1-4(15)7(17)8(18)5(16)3-22-12-11(21)10(20)9(19)6(2-14)23-12/h3-20H,1-2H2;5-14,16-21H,1-3H2/t3-,4-,5+,6-,7+,8+,9-,10-,11-,12+;5-,6-,7-,8-,9-,10+,11-,12+/m11/s1. The van der Waals surface area contributed by atoms with Gasteiger partial charge in [-0.3, -0.25) is 4.79 Å². The molecular weight excluding hydrogens is 640 g/mol. The number of ketones is 1. The number of aliphatic hydroxyl groups is 16. The molecule has 0 saturated carbocycles. The van der Waals surface area contributed by atoms with Gasteiger partial charge in [0.2, 0.25) is 0 Å². The van der Waals surface area contributed by atoms with Gasteiger partial charge in [-0.15, -0.1) is 0 Å². The second-order valence-corrected chi connectivity index (χ2v) is 10.7. The first kappa shape index (κ1) is 41.0. The molecule has 3 rings (SSSR count). The van der Waals surface area contributed by atoms with E-state index in [0.717, 1.165) is 0 Å². The van der Waals surface area contributed by atoms with Crippen LogP contribution in [0, 0.1) is 0 Å². The van der Waals surface area contributed by atoms with E-state index in [4.69, 9.17) is 39.0 Å². The number of carbonyl (C=O) groups is 1. The van der Waals surface area contributed by atoms with Gasteiger partial charge in [-0.1, -0.05) is 0 Å². The second kappa shape index (κ2) is 18.6. The Morgan fingerprint density at radius 2 is 1.00 bits per heavy atom. The Bertz CT molecular complexity index is 896. The predicted octanol–water partition coefficient (Wildman–Crippen LogP) is -11.0. The minimum Gasteiger partial charge on any atom is -0.394 e. The zero-order chi connectivity index (χ0) is 35.0. The summed E-state index contributed by atoms with van der Waals surface area (Å²) in [6, 6.07) is 0. The maximum Gasteiger partial charge on any atom is 0.189 e. The van der Waals surface area contributed by atoms with E-state index >= 15 is 0 Å². The van der Waals surface area contributed by atoms with Crippen LogP contribution < -0.4 is 0 Å². The Labute approximate surface area is 260 Å². The second-order valence-electron chi connectivity index (χ2n) is 10.7. The maximum atomic E-state index is 11.0. The highest BCUT2D eigenvalue weighted by molar-refractivity contribution is 5.84. The Hall–Kier alpha value is -1.17. The average Bonchev–Trinajstić information content (AvgIpc) is 3.05. The van der Waals surface area contributed by atoms with Crippen LogP contribution >= 0.6 is 0 Å². The third-order valence-electron chi connectivity index (χ3n) is 7.44. The Kier molecular flexibility index (Phi) is 16.5. The van der Waals surface area contributed by atoms with Crippen LogP contribution in [0.15, 0.2) is 0 Å². The fourth-order valence-electron chi connectivity index (χ4n) is 4.45. The van der Waals surface area contributed by atoms with Gasteiger partial charge >= 0.3 is 0 Å². The molecule has 46 heavy (non-hydrogen) atoms. The molecule has 3 aliphatic heterocycles. The lowest BCUT2D eigenvalue weighted by molar-refractivity contribution is -0.325. The molecule has 0 unspecified atom stereocenters. The van der Waals surface area contributed by atoms with Crippen LogP contribution in [0.2, 0.25) is 0 Å². The van der Waals surface area contributed by atoms with Crippen LogP contribution in [0.1, 0.15) is 0 Å². The number of Topliss-reactive ketones (excluding diaryl/α,β-unsaturated/α-hetero) is 1. The monoisotopic (exact) mass is 684 g/mol. The summed E-state index contributed by atoms with van der Waals surface area (Å²) in [5.74, 6) is -1.11. The van der Waals surface area contributed by atoms with E-state index in [1.165, 1.54) is 0 Å². The molecular formula is C24H44O22. The van der Waals surface area contributed by atoms with E-state index in [0.29, 0.717) is 0 Å². The SMILES string of the molecule is O=C(CO)[C@@H](O)[C@H](O)[C@H](O)CO[C@H]1O[C@H](CO)[C@@H](O)[C@H](O)[C@H]1O.OC[C@H]1O[C@H](OC[C@H]2O[C@@H](O)[C@H](O)[C@@H](O)[C@@H]2O)[C@H](O)[C@@H](O)[C@H]1O. The molecule has 22 nitrogen and oxygen atoms in total. The van der Waals surface area contributed by atoms with E-state index < -0.39 is 149 Å². The van der Waals surface area contributed by atoms with Crippen molar-refractivity contribution in [3.05, 3.63) is 0 Å². The Balaban J connectivity index is 0.000000320. The van der Waals surface area contributed by atoms with Crippen molar-refractivity contribution in [1.29, 1.82) is 0 Å². The van der Waals surface area contributed by atoms with Gasteiger partial charge in [0.05, 0.1) is 26.4 Å². The van der Waals surface area contributed by atoms with Gasteiger partial charge in [0, 0.05) is 0 Å². The number of hydrogen-bond donors (Lipinski definition) is 16. The van der Waals surface area contributed by atoms with Crippen LogP contribution in [-0.4, -0.2) is 231 Å². The molecule has 0 aromatic carbocycles. The van der Waals surface area contributed by atoms with Gasteiger partial charge in [0.15, 0.2) is 24.7 Å². The molecule has 22 heteroatoms. The Morgan fingerprint density at radius 3 is 1.46 bits per heavy atom. The zero-order valence-electron chi connectivity index (χ0n) is 24.0. The lowest BCUT2D eigenvalue weighted by Crippen LogP contribution is -2.61. The molecule has 0 bridgehead atoms. The van der Waals surface area contributed by atoms with E-state index in [-0.39, 0.29) is 0 Å². The van der Waals surface area contributed by atoms with Gasteiger partial charge < -0.3 is 105 Å². The van der Waals surface area contributed by atoms with Crippen molar-refractivity contribution >= 4 is 5.78 Å². The van der Waals surface area contributed by atoms with E-state index in [9.17, 15) is 71.2 Å². The lowest BCUT2D eigenvalue weighted by atomic mass is 9.98. The van der Waals surface area contributed by atoms with Crippen molar-refractivity contribution in [1.82, 2.24) is 0 Å². The van der Waals surface area contributed by atoms with Crippen molar-refractivity contribution < 1.29 is 110 Å². The largest absolute Gasteiger partial charge is 0.394 e. The summed E-state index contributed by atoms with van der Waals surface area (Å²) >= 11 is 0. The molecule has 0 spiro atoms. The summed E-state index contributed by atoms with van der Waals surface area (Å²) in [5.41, 5.74) is 0. The van der Waals surface area contributed by atoms with Gasteiger partial charge in [-0.2, -0.15) is 0 Å². The minimum atomic E-state index is -2.03. The molecule has 16 N–H and O–H groups in total. The number of rotatable bonds is 12. The molecule has 0 aromatic rings. The summed E-state index contributed by atoms with van der Waals surface area (Å²) in [7, 11) is 0. The summed E-state index contributed by atoms with van der Waals surface area (Å²) in [6.45, 7) is -3.50. The molecule has 3 heterocycles. The Morgan fingerprint density at radius 1 is 0.565 bits per heavy atom. The maximum absolute atomic E-state index is 11.0. The zero-order valence-corrected chi connectivity index (χ0v) is 24.0. The van der Waals surface area contributed by atoms with E-state index in [1.54, 1.807) is 0 Å². The van der Waals surface area contributed by atoms with E-state index in [2.05, 4.69) is 0 Å². The molecule has 3 fully saturated rings. The summed E-state index contributed by atoms with van der Waals surface area (Å²) in [6.07, 6.45) is -28.7. The molecule has 18 atom stereocenters. The first-order chi connectivity index (χ1) is 21.5. The summed E-state index contributed by atoms with van der Waals surface area (Å²) in [5, 5.41) is 151. The normalized spacial score (nSPS) is 43.6. The summed E-state index contributed by atoms with van der Waals surface area (Å²) in [4.78, 5) is 11.0. The molecule has 0 aromatic heterocycles. The number of carbonyl (C=O) groups excluding carboxylic acids is 1. The third-order valence-corrected chi connectivity index (χ3v) is 7.44. The van der Waals surface area contributed by atoms with Gasteiger partial charge in [0.1, 0.15) is 98.2 Å². The number of hydrogen-bond acceptors (Lipinski definition) is 22. The quantitative estimate of drug-likeness (QED) is 0.0907. The topological polar surface area (TPSA) is 387 Å². The first-order valence-electron chi connectivity index (χ1n) is 13.9. The summed E-state index contributed by atoms with van der Waals surface area (Å²) < 4.78 is 25.1. The first-order valence-corrected chi connectivity index (χ1v) is 13.9. The van der Waals surface area contributed by atoms with Crippen LogP contribution in [0.25, 0.3) is 0 Å². The molecule has 0 aliphatic carbocycles. The van der Waals surface area contributed by atoms with Gasteiger partial charge in [-0.25, -0.2) is 0 Å². The molecule has 3 saturated heterocycles. The van der Waals surface area contributed by atoms with Crippen LogP contribution in [0.5, 0.6) is 0 Å². The van der Waals surface area contributed by atoms with Crippen LogP contribution in [0.4, 0.5) is 0 Å². The van der Waals surface area contributed by atoms with Crippen molar-refractivity contribution in [3.8, 4) is 0 Å². The van der Waals surface area contributed by atoms with E-state index in [1.807, 2.05) is 0 Å². The minimum absolute atomic E-state index is 0.468. The highest BCUT2D eigenvalue weighted by atomic mass is 16.7. The predicted molar refractivity (Wildman–Crippen MR) is 138 cm³/mol. The van der Waals surface area contributed by atoms with Crippen LogP contribution in [-0.2, 0) is 28.5 Å². The fraction of sp³-hybridized carbons (Fsp3) is 0.958. The van der Waals surface area contributed by atoms with Crippen molar-refractivity contribution in [2.24, 2.45) is 0 Å². The van der Waals surface area contributed by atoms with Gasteiger partial charge in [-0.05, 0) is 0 Å². The van der Waals surface area contributed by atoms with Gasteiger partial charge in [0.25, 0.3) is 0 Å². The highest BCUT2D eigenvalue weighted by Crippen LogP contribution is 2.25. The number of ether oxygens (including phenoxy) is 5. The highest BCUT2D eigenvalue weighted by Gasteiger charge is 2.47. The number of aliphatic hydroxyl groups excluding tert-OH is 16. The lowest BCUT2D eigenvalue weighted by Gasteiger charge is -2.41. The van der Waals surface area contributed by atoms with Crippen molar-refractivity contribution in [2.75, 3.05) is 33.0 Å². The van der Waals surface area contributed by atoms with Crippen molar-refractivity contribution in [3.63, 3.8) is 0 Å². The molecule has 0 radical (unpaired) electrons. The molecule has 0 amide bonds. The smallest absolute Gasteiger partial charge is 0.189 e. The average molecular weight is 685 g/mol. The molecule has 272 valence electrons. The fourth-order valence-corrected chi connectivity index (χ4v) is 4.45. The molecule has 3 aliphatic rings.